The number of nitrogens with zero attached hydrogens (tertiary/aromatic N) is 1. The van der Waals surface area contributed by atoms with Crippen molar-refractivity contribution in [2.45, 2.75) is 45.3 Å². The van der Waals surface area contributed by atoms with E-state index in [9.17, 15) is 5.11 Å². The molecule has 3 nitrogen and oxygen atoms in total. The first-order chi connectivity index (χ1) is 6.94. The zero-order chi connectivity index (χ0) is 11.5. The molecule has 1 rings (SSSR count). The monoisotopic (exact) mass is 214 g/mol. The Labute approximate surface area is 93.9 Å². The summed E-state index contributed by atoms with van der Waals surface area (Å²) in [5, 5.41) is 13.4. The van der Waals surface area contributed by atoms with E-state index in [4.69, 9.17) is 0 Å². The van der Waals surface area contributed by atoms with Crippen molar-refractivity contribution < 1.29 is 5.11 Å². The van der Waals surface area contributed by atoms with E-state index >= 15 is 0 Å². The van der Waals surface area contributed by atoms with Gasteiger partial charge in [0.15, 0.2) is 0 Å². The normalized spacial score (nSPS) is 32.6. The van der Waals surface area contributed by atoms with E-state index in [1.54, 1.807) is 0 Å². The molecule has 0 aromatic carbocycles. The van der Waals surface area contributed by atoms with Gasteiger partial charge in [-0.2, -0.15) is 0 Å². The fraction of sp³-hybridized carbons (Fsp3) is 1.00. The van der Waals surface area contributed by atoms with Gasteiger partial charge in [-0.15, -0.1) is 0 Å². The van der Waals surface area contributed by atoms with Crippen molar-refractivity contribution in [3.8, 4) is 0 Å². The third-order valence-corrected chi connectivity index (χ3v) is 3.62. The summed E-state index contributed by atoms with van der Waals surface area (Å²) in [6.07, 6.45) is 2.00. The molecule has 1 saturated heterocycles. The molecule has 0 bridgehead atoms. The second-order valence-electron chi connectivity index (χ2n) is 5.37. The number of nitrogens with one attached hydrogen (secondary N) is 1. The van der Waals surface area contributed by atoms with Crippen molar-refractivity contribution in [2.75, 3.05) is 26.7 Å². The molecule has 0 saturated carbocycles. The smallest absolute Gasteiger partial charge is 0.0741 e. The summed E-state index contributed by atoms with van der Waals surface area (Å²) in [5.41, 5.74) is -0.553. The third-order valence-electron chi connectivity index (χ3n) is 3.62. The lowest BCUT2D eigenvalue weighted by atomic mass is 9.93. The molecule has 1 aliphatic rings. The van der Waals surface area contributed by atoms with E-state index in [1.807, 2.05) is 13.8 Å². The van der Waals surface area contributed by atoms with Crippen LogP contribution in [-0.4, -0.2) is 48.3 Å². The van der Waals surface area contributed by atoms with Gasteiger partial charge in [0.25, 0.3) is 0 Å². The molecule has 0 spiro atoms. The minimum atomic E-state index is -0.553. The molecule has 1 fully saturated rings. The zero-order valence-electron chi connectivity index (χ0n) is 10.6. The van der Waals surface area contributed by atoms with E-state index in [-0.39, 0.29) is 0 Å². The van der Waals surface area contributed by atoms with Crippen LogP contribution in [-0.2, 0) is 0 Å². The Morgan fingerprint density at radius 1 is 1.53 bits per heavy atom. The summed E-state index contributed by atoms with van der Waals surface area (Å²) in [4.78, 5) is 2.38. The second kappa shape index (κ2) is 5.28. The summed E-state index contributed by atoms with van der Waals surface area (Å²) < 4.78 is 0. The lowest BCUT2D eigenvalue weighted by Crippen LogP contribution is -2.50. The van der Waals surface area contributed by atoms with E-state index in [1.165, 1.54) is 6.42 Å². The molecule has 90 valence electrons. The zero-order valence-corrected chi connectivity index (χ0v) is 10.6. The van der Waals surface area contributed by atoms with Gasteiger partial charge < -0.3 is 15.3 Å². The lowest BCUT2D eigenvalue weighted by molar-refractivity contribution is 0.0459. The van der Waals surface area contributed by atoms with Crippen molar-refractivity contribution in [2.24, 2.45) is 5.92 Å². The minimum Gasteiger partial charge on any atom is -0.389 e. The second-order valence-corrected chi connectivity index (χ2v) is 5.37. The van der Waals surface area contributed by atoms with Crippen LogP contribution in [0.4, 0.5) is 0 Å². The van der Waals surface area contributed by atoms with E-state index < -0.39 is 5.60 Å². The first-order valence-corrected chi connectivity index (χ1v) is 6.09. The van der Waals surface area contributed by atoms with Crippen molar-refractivity contribution in [1.29, 1.82) is 0 Å². The number of hydrogen-bond donors (Lipinski definition) is 2. The molecule has 0 amide bonds. The highest BCUT2D eigenvalue weighted by molar-refractivity contribution is 4.84. The van der Waals surface area contributed by atoms with Gasteiger partial charge in [0, 0.05) is 19.1 Å². The average molecular weight is 214 g/mol. The Morgan fingerprint density at radius 3 is 2.73 bits per heavy atom. The maximum Gasteiger partial charge on any atom is 0.0741 e. The van der Waals surface area contributed by atoms with Gasteiger partial charge in [-0.25, -0.2) is 0 Å². The predicted octanol–water partition coefficient (Wildman–Crippen LogP) is 1.08. The fourth-order valence-electron chi connectivity index (χ4n) is 2.13. The first kappa shape index (κ1) is 12.9. The molecule has 3 unspecified atom stereocenters. The van der Waals surface area contributed by atoms with Crippen molar-refractivity contribution in [3.05, 3.63) is 0 Å². The molecule has 3 atom stereocenters. The van der Waals surface area contributed by atoms with Crippen molar-refractivity contribution in [1.82, 2.24) is 10.2 Å². The quantitative estimate of drug-likeness (QED) is 0.735. The highest BCUT2D eigenvalue weighted by Crippen LogP contribution is 2.16. The first-order valence-electron chi connectivity index (χ1n) is 6.09. The van der Waals surface area contributed by atoms with Gasteiger partial charge in [0.05, 0.1) is 5.60 Å². The van der Waals surface area contributed by atoms with Gasteiger partial charge in [-0.05, 0) is 39.3 Å². The highest BCUT2D eigenvalue weighted by Gasteiger charge is 2.26. The molecule has 3 heteroatoms. The molecule has 2 N–H and O–H groups in total. The summed E-state index contributed by atoms with van der Waals surface area (Å²) >= 11 is 0. The van der Waals surface area contributed by atoms with Gasteiger partial charge >= 0.3 is 0 Å². The van der Waals surface area contributed by atoms with Gasteiger partial charge in [-0.1, -0.05) is 13.8 Å². The number of piperidine rings is 1. The number of rotatable bonds is 4. The third kappa shape index (κ3) is 4.09. The van der Waals surface area contributed by atoms with Crippen LogP contribution < -0.4 is 5.32 Å². The van der Waals surface area contributed by atoms with Crippen LogP contribution in [0.2, 0.25) is 0 Å². The predicted molar refractivity (Wildman–Crippen MR) is 64.0 cm³/mol. The Kier molecular flexibility index (Phi) is 4.56. The SMILES string of the molecule is CCC(C)(O)CNC1CCN(C)CC1C. The van der Waals surface area contributed by atoms with Crippen LogP contribution in [0.1, 0.15) is 33.6 Å². The molecule has 0 aromatic heterocycles. The molecule has 0 aliphatic carbocycles. The van der Waals surface area contributed by atoms with Crippen LogP contribution in [0.3, 0.4) is 0 Å². The molecule has 1 aliphatic heterocycles. The Morgan fingerprint density at radius 2 is 2.20 bits per heavy atom. The van der Waals surface area contributed by atoms with Crippen LogP contribution in [0.15, 0.2) is 0 Å². The summed E-state index contributed by atoms with van der Waals surface area (Å²) in [6, 6.07) is 0.569. The van der Waals surface area contributed by atoms with Crippen LogP contribution in [0.5, 0.6) is 0 Å². The molecular weight excluding hydrogens is 188 g/mol. The van der Waals surface area contributed by atoms with Gasteiger partial charge in [-0.3, -0.25) is 0 Å². The van der Waals surface area contributed by atoms with Crippen molar-refractivity contribution in [3.63, 3.8) is 0 Å². The Bertz CT molecular complexity index is 194. The number of aliphatic hydroxyl groups is 1. The standard InChI is InChI=1S/C12H26N2O/c1-5-12(3,15)9-13-11-6-7-14(4)8-10(11)2/h10-11,13,15H,5-9H2,1-4H3. The maximum absolute atomic E-state index is 9.92. The fourth-order valence-corrected chi connectivity index (χ4v) is 2.13. The van der Waals surface area contributed by atoms with E-state index in [2.05, 4.69) is 24.2 Å². The Hall–Kier alpha value is -0.120. The summed E-state index contributed by atoms with van der Waals surface area (Å²) in [6.45, 7) is 9.25. The average Bonchev–Trinajstić information content (AvgIpc) is 2.16. The van der Waals surface area contributed by atoms with Crippen molar-refractivity contribution >= 4 is 0 Å². The number of likely N-dealkylation sites (tertiary alicyclic amines) is 1. The molecule has 1 heterocycles. The largest absolute Gasteiger partial charge is 0.389 e. The highest BCUT2D eigenvalue weighted by atomic mass is 16.3. The Balaban J connectivity index is 2.33. The summed E-state index contributed by atoms with van der Waals surface area (Å²) in [7, 11) is 2.18. The minimum absolute atomic E-state index is 0.553. The maximum atomic E-state index is 9.92. The van der Waals surface area contributed by atoms with Crippen LogP contribution in [0.25, 0.3) is 0 Å². The van der Waals surface area contributed by atoms with E-state index in [0.717, 1.165) is 19.5 Å². The van der Waals surface area contributed by atoms with E-state index in [0.29, 0.717) is 18.5 Å². The molecular formula is C12H26N2O. The lowest BCUT2D eigenvalue weighted by Gasteiger charge is -2.37. The van der Waals surface area contributed by atoms with Gasteiger partial charge in [0.2, 0.25) is 0 Å². The molecule has 0 radical (unpaired) electrons. The number of hydrogen-bond acceptors (Lipinski definition) is 3. The van der Waals surface area contributed by atoms with Gasteiger partial charge in [0.1, 0.15) is 0 Å². The molecule has 15 heavy (non-hydrogen) atoms. The van der Waals surface area contributed by atoms with Crippen LogP contribution in [0, 0.1) is 5.92 Å². The molecule has 0 aromatic rings. The summed E-state index contributed by atoms with van der Waals surface area (Å²) in [5.74, 6) is 0.677. The van der Waals surface area contributed by atoms with Crippen LogP contribution >= 0.6 is 0 Å². The topological polar surface area (TPSA) is 35.5 Å².